The van der Waals surface area contributed by atoms with E-state index in [9.17, 15) is 14.7 Å². The van der Waals surface area contributed by atoms with Gasteiger partial charge < -0.3 is 9.84 Å². The molecular formula is C27H26N2O4. The maximum Gasteiger partial charge on any atom is 0.300 e. The second-order valence-electron chi connectivity index (χ2n) is 8.43. The monoisotopic (exact) mass is 442 g/mol. The zero-order valence-corrected chi connectivity index (χ0v) is 19.1. The third-order valence-electron chi connectivity index (χ3n) is 5.59. The first kappa shape index (κ1) is 22.3. The van der Waals surface area contributed by atoms with Crippen LogP contribution in [-0.2, 0) is 9.59 Å². The summed E-state index contributed by atoms with van der Waals surface area (Å²) in [6.45, 7) is 7.68. The van der Waals surface area contributed by atoms with Crippen molar-refractivity contribution in [3.63, 3.8) is 0 Å². The number of pyridine rings is 1. The molecule has 6 nitrogen and oxygen atoms in total. The van der Waals surface area contributed by atoms with E-state index in [2.05, 4.69) is 4.98 Å². The maximum absolute atomic E-state index is 13.3. The Morgan fingerprint density at radius 3 is 2.30 bits per heavy atom. The fourth-order valence-electron chi connectivity index (χ4n) is 4.04. The number of aliphatic hydroxyl groups is 1. The third-order valence-corrected chi connectivity index (χ3v) is 5.59. The van der Waals surface area contributed by atoms with Gasteiger partial charge in [-0.25, -0.2) is 0 Å². The minimum absolute atomic E-state index is 0.0130. The first-order valence-electron chi connectivity index (χ1n) is 10.8. The van der Waals surface area contributed by atoms with Crippen LogP contribution < -0.4 is 9.64 Å². The summed E-state index contributed by atoms with van der Waals surface area (Å²) in [5, 5.41) is 11.2. The van der Waals surface area contributed by atoms with Crippen molar-refractivity contribution in [1.29, 1.82) is 0 Å². The van der Waals surface area contributed by atoms with Crippen molar-refractivity contribution in [2.75, 3.05) is 4.90 Å². The number of aromatic nitrogens is 1. The van der Waals surface area contributed by atoms with Gasteiger partial charge in [-0.1, -0.05) is 12.1 Å². The van der Waals surface area contributed by atoms with Crippen LogP contribution in [0.3, 0.4) is 0 Å². The quantitative estimate of drug-likeness (QED) is 0.337. The molecule has 4 rings (SSSR count). The van der Waals surface area contributed by atoms with E-state index in [1.165, 1.54) is 4.90 Å². The number of ketones is 1. The first-order valence-corrected chi connectivity index (χ1v) is 10.8. The number of carbonyl (C=O) groups excluding carboxylic acids is 2. The summed E-state index contributed by atoms with van der Waals surface area (Å²) in [5.74, 6) is -0.966. The summed E-state index contributed by atoms with van der Waals surface area (Å²) in [6.07, 6.45) is 3.23. The lowest BCUT2D eigenvalue weighted by Crippen LogP contribution is -2.30. The molecule has 2 aromatic carbocycles. The molecule has 0 bridgehead atoms. The summed E-state index contributed by atoms with van der Waals surface area (Å²) in [5.41, 5.74) is 3.63. The lowest BCUT2D eigenvalue weighted by atomic mass is 9.95. The van der Waals surface area contributed by atoms with Crippen LogP contribution in [0.1, 0.15) is 42.1 Å². The van der Waals surface area contributed by atoms with Crippen LogP contribution in [0, 0.1) is 13.8 Å². The topological polar surface area (TPSA) is 79.7 Å². The molecular weight excluding hydrogens is 416 g/mol. The highest BCUT2D eigenvalue weighted by Gasteiger charge is 2.47. The van der Waals surface area contributed by atoms with Gasteiger partial charge in [0.1, 0.15) is 11.5 Å². The van der Waals surface area contributed by atoms with E-state index in [1.807, 2.05) is 45.9 Å². The molecule has 6 heteroatoms. The minimum Gasteiger partial charge on any atom is -0.507 e. The molecule has 1 atom stereocenters. The Bertz CT molecular complexity index is 1230. The van der Waals surface area contributed by atoms with Crippen molar-refractivity contribution < 1.29 is 19.4 Å². The van der Waals surface area contributed by atoms with Crippen LogP contribution in [-0.4, -0.2) is 27.9 Å². The van der Waals surface area contributed by atoms with Crippen molar-refractivity contribution in [3.05, 3.63) is 94.8 Å². The molecule has 1 fully saturated rings. The molecule has 2 heterocycles. The van der Waals surface area contributed by atoms with Crippen LogP contribution in [0.5, 0.6) is 5.75 Å². The standard InChI is InChI=1S/C27H26N2O4/c1-16(2)33-21-9-7-20(8-10-21)25(30)23-24(19-11-13-28-14-12-19)29(27(32)26(23)31)22-15-17(3)5-6-18(22)4/h5-16,24,30H,1-4H3/b25-23+. The number of hydrogen-bond donors (Lipinski definition) is 1. The molecule has 0 aliphatic carbocycles. The number of benzene rings is 2. The maximum atomic E-state index is 13.3. The average Bonchev–Trinajstić information content (AvgIpc) is 3.06. The van der Waals surface area contributed by atoms with Gasteiger partial charge >= 0.3 is 0 Å². The zero-order valence-electron chi connectivity index (χ0n) is 19.1. The molecule has 33 heavy (non-hydrogen) atoms. The second-order valence-corrected chi connectivity index (χ2v) is 8.43. The number of aryl methyl sites for hydroxylation is 2. The van der Waals surface area contributed by atoms with Crippen LogP contribution in [0.4, 0.5) is 5.69 Å². The van der Waals surface area contributed by atoms with E-state index >= 15 is 0 Å². The van der Waals surface area contributed by atoms with Gasteiger partial charge in [0.15, 0.2) is 0 Å². The van der Waals surface area contributed by atoms with Gasteiger partial charge in [0.25, 0.3) is 11.7 Å². The van der Waals surface area contributed by atoms with E-state index in [0.717, 1.165) is 11.1 Å². The van der Waals surface area contributed by atoms with Crippen molar-refractivity contribution in [2.45, 2.75) is 39.8 Å². The average molecular weight is 443 g/mol. The summed E-state index contributed by atoms with van der Waals surface area (Å²) >= 11 is 0. The molecule has 1 aromatic heterocycles. The highest BCUT2D eigenvalue weighted by Crippen LogP contribution is 2.43. The Balaban J connectivity index is 1.88. The Morgan fingerprint density at radius 1 is 1.00 bits per heavy atom. The molecule has 1 unspecified atom stereocenters. The van der Waals surface area contributed by atoms with Gasteiger partial charge in [-0.05, 0) is 86.8 Å². The number of aliphatic hydroxyl groups excluding tert-OH is 1. The molecule has 0 saturated carbocycles. The molecule has 0 radical (unpaired) electrons. The lowest BCUT2D eigenvalue weighted by Gasteiger charge is -2.27. The Morgan fingerprint density at radius 2 is 1.67 bits per heavy atom. The molecule has 1 aliphatic rings. The smallest absolute Gasteiger partial charge is 0.300 e. The van der Waals surface area contributed by atoms with Crippen LogP contribution >= 0.6 is 0 Å². The van der Waals surface area contributed by atoms with E-state index in [1.54, 1.807) is 48.8 Å². The molecule has 0 spiro atoms. The van der Waals surface area contributed by atoms with Gasteiger partial charge in [-0.2, -0.15) is 0 Å². The molecule has 1 saturated heterocycles. The predicted molar refractivity (Wildman–Crippen MR) is 127 cm³/mol. The summed E-state index contributed by atoms with van der Waals surface area (Å²) in [7, 11) is 0. The van der Waals surface area contributed by atoms with Gasteiger partial charge in [0.2, 0.25) is 0 Å². The molecule has 1 amide bonds. The van der Waals surface area contributed by atoms with Gasteiger partial charge in [-0.15, -0.1) is 0 Å². The summed E-state index contributed by atoms with van der Waals surface area (Å²) < 4.78 is 5.67. The van der Waals surface area contributed by atoms with E-state index in [-0.39, 0.29) is 17.4 Å². The number of Topliss-reactive ketones (excluding diaryl/α,β-unsaturated/α-hetero) is 1. The first-order chi connectivity index (χ1) is 15.8. The third kappa shape index (κ3) is 4.24. The predicted octanol–water partition coefficient (Wildman–Crippen LogP) is 5.11. The summed E-state index contributed by atoms with van der Waals surface area (Å²) in [6, 6.07) is 15.3. The number of amides is 1. The zero-order chi connectivity index (χ0) is 23.7. The summed E-state index contributed by atoms with van der Waals surface area (Å²) in [4.78, 5) is 32.1. The lowest BCUT2D eigenvalue weighted by molar-refractivity contribution is -0.132. The van der Waals surface area contributed by atoms with Crippen LogP contribution in [0.2, 0.25) is 0 Å². The number of hydrogen-bond acceptors (Lipinski definition) is 5. The SMILES string of the molecule is Cc1ccc(C)c(N2C(=O)C(=O)/C(=C(/O)c3ccc(OC(C)C)cc3)C2c2ccncc2)c1. The fraction of sp³-hybridized carbons (Fsp3) is 0.222. The van der Waals surface area contributed by atoms with Crippen molar-refractivity contribution in [1.82, 2.24) is 4.98 Å². The van der Waals surface area contributed by atoms with E-state index in [4.69, 9.17) is 4.74 Å². The Labute approximate surface area is 193 Å². The number of rotatable bonds is 5. The Kier molecular flexibility index (Phi) is 6.01. The van der Waals surface area contributed by atoms with Crippen molar-refractivity contribution >= 4 is 23.1 Å². The molecule has 1 N–H and O–H groups in total. The fourth-order valence-corrected chi connectivity index (χ4v) is 4.04. The normalized spacial score (nSPS) is 17.6. The number of carbonyl (C=O) groups is 2. The van der Waals surface area contributed by atoms with Crippen molar-refractivity contribution in [2.24, 2.45) is 0 Å². The van der Waals surface area contributed by atoms with Gasteiger partial charge in [-0.3, -0.25) is 19.5 Å². The van der Waals surface area contributed by atoms with E-state index < -0.39 is 17.7 Å². The Hall–Kier alpha value is -3.93. The van der Waals surface area contributed by atoms with Gasteiger partial charge in [0, 0.05) is 23.6 Å². The van der Waals surface area contributed by atoms with Crippen LogP contribution in [0.25, 0.3) is 5.76 Å². The number of anilines is 1. The molecule has 168 valence electrons. The number of nitrogens with zero attached hydrogens (tertiary/aromatic N) is 2. The highest BCUT2D eigenvalue weighted by atomic mass is 16.5. The largest absolute Gasteiger partial charge is 0.507 e. The molecule has 1 aliphatic heterocycles. The minimum atomic E-state index is -0.778. The molecule has 3 aromatic rings. The van der Waals surface area contributed by atoms with Crippen molar-refractivity contribution in [3.8, 4) is 5.75 Å². The van der Waals surface area contributed by atoms with Gasteiger partial charge in [0.05, 0.1) is 17.7 Å². The second kappa shape index (κ2) is 8.90. The number of ether oxygens (including phenoxy) is 1. The van der Waals surface area contributed by atoms with Crippen LogP contribution in [0.15, 0.2) is 72.6 Å². The van der Waals surface area contributed by atoms with E-state index in [0.29, 0.717) is 22.6 Å². The highest BCUT2D eigenvalue weighted by molar-refractivity contribution is 6.51.